The Kier molecular flexibility index (Phi) is 11.8. The molecule has 33 heavy (non-hydrogen) atoms. The topological polar surface area (TPSA) is 71.1 Å². The Morgan fingerprint density at radius 3 is 1.24 bits per heavy atom. The molecule has 0 heterocycles. The van der Waals surface area contributed by atoms with E-state index in [0.29, 0.717) is 11.1 Å². The Bertz CT molecular complexity index is 952. The second kappa shape index (κ2) is 14.3. The van der Waals surface area contributed by atoms with E-state index >= 15 is 0 Å². The van der Waals surface area contributed by atoms with Gasteiger partial charge in [-0.15, -0.1) is 0 Å². The van der Waals surface area contributed by atoms with Gasteiger partial charge in [-0.05, 0) is 62.7 Å². The molecule has 0 amide bonds. The largest absolute Gasteiger partial charge is 0.497 e. The highest BCUT2D eigenvalue weighted by Gasteiger charge is 2.01. The first-order chi connectivity index (χ1) is 15.7. The minimum atomic E-state index is 0.0186. The monoisotopic (exact) mass is 452 g/mol. The van der Waals surface area contributed by atoms with Crippen molar-refractivity contribution < 1.29 is 28.5 Å². The van der Waals surface area contributed by atoms with Gasteiger partial charge in [0.1, 0.15) is 11.5 Å². The van der Waals surface area contributed by atoms with E-state index in [1.807, 2.05) is 49.4 Å². The summed E-state index contributed by atoms with van der Waals surface area (Å²) in [5.74, 6) is 3.29. The molecule has 0 saturated heterocycles. The average molecular weight is 453 g/mol. The lowest BCUT2D eigenvalue weighted by Crippen LogP contribution is -1.95. The maximum Gasteiger partial charge on any atom is 0.160 e. The zero-order valence-corrected chi connectivity index (χ0v) is 20.3. The number of carbonyl (C=O) groups excluding carboxylic acids is 2. The van der Waals surface area contributed by atoms with Crippen molar-refractivity contribution in [2.45, 2.75) is 20.8 Å². The molecule has 0 aliphatic rings. The molecule has 0 spiro atoms. The lowest BCUT2D eigenvalue weighted by atomic mass is 10.1. The van der Waals surface area contributed by atoms with Crippen LogP contribution in [0.5, 0.6) is 23.0 Å². The van der Waals surface area contributed by atoms with Crippen LogP contribution in [0.15, 0.2) is 66.7 Å². The van der Waals surface area contributed by atoms with Crippen molar-refractivity contribution in [2.75, 3.05) is 28.4 Å². The van der Waals surface area contributed by atoms with Crippen LogP contribution in [0.25, 0.3) is 0 Å². The smallest absolute Gasteiger partial charge is 0.160 e. The SMILES string of the molecule is CC(=O)c1ccc(C(C)=O)cc1.COc1ccc(C)cc1OC.COc1ccc(OC)cc1. The highest BCUT2D eigenvalue weighted by molar-refractivity contribution is 5.97. The van der Waals surface area contributed by atoms with Gasteiger partial charge >= 0.3 is 0 Å². The zero-order chi connectivity index (χ0) is 24.8. The van der Waals surface area contributed by atoms with Gasteiger partial charge in [0, 0.05) is 11.1 Å². The van der Waals surface area contributed by atoms with Crippen molar-refractivity contribution in [1.29, 1.82) is 0 Å². The molecule has 176 valence electrons. The third-order valence-electron chi connectivity index (χ3n) is 4.53. The lowest BCUT2D eigenvalue weighted by Gasteiger charge is -2.06. The number of ether oxygens (including phenoxy) is 4. The number of methoxy groups -OCH3 is 4. The molecule has 0 aliphatic heterocycles. The number of hydrogen-bond acceptors (Lipinski definition) is 6. The van der Waals surface area contributed by atoms with Crippen LogP contribution in [-0.4, -0.2) is 40.0 Å². The predicted octanol–water partition coefficient (Wildman–Crippen LogP) is 5.81. The van der Waals surface area contributed by atoms with Gasteiger partial charge in [-0.25, -0.2) is 0 Å². The van der Waals surface area contributed by atoms with E-state index in [1.54, 1.807) is 52.7 Å². The first-order valence-electron chi connectivity index (χ1n) is 10.2. The zero-order valence-electron chi connectivity index (χ0n) is 20.3. The Labute approximate surface area is 196 Å². The van der Waals surface area contributed by atoms with Crippen molar-refractivity contribution in [2.24, 2.45) is 0 Å². The maximum atomic E-state index is 10.8. The quantitative estimate of drug-likeness (QED) is 0.440. The van der Waals surface area contributed by atoms with Gasteiger partial charge in [-0.3, -0.25) is 9.59 Å². The fraction of sp³-hybridized carbons (Fsp3) is 0.259. The van der Waals surface area contributed by atoms with Crippen LogP contribution < -0.4 is 18.9 Å². The van der Waals surface area contributed by atoms with Gasteiger partial charge in [-0.2, -0.15) is 0 Å². The summed E-state index contributed by atoms with van der Waals surface area (Å²) < 4.78 is 20.1. The van der Waals surface area contributed by atoms with Crippen molar-refractivity contribution in [1.82, 2.24) is 0 Å². The van der Waals surface area contributed by atoms with Crippen LogP contribution in [0.4, 0.5) is 0 Å². The summed E-state index contributed by atoms with van der Waals surface area (Å²) in [4.78, 5) is 21.7. The number of Topliss-reactive ketones (excluding diaryl/α,β-unsaturated/α-hetero) is 2. The minimum Gasteiger partial charge on any atom is -0.497 e. The fourth-order valence-electron chi connectivity index (χ4n) is 2.59. The summed E-state index contributed by atoms with van der Waals surface area (Å²) in [7, 11) is 6.55. The van der Waals surface area contributed by atoms with Gasteiger partial charge in [0.05, 0.1) is 28.4 Å². The normalized spacial score (nSPS) is 9.30. The summed E-state index contributed by atoms with van der Waals surface area (Å²) >= 11 is 0. The number of carbonyl (C=O) groups is 2. The molecule has 0 unspecified atom stereocenters. The molecule has 0 bridgehead atoms. The first kappa shape index (κ1) is 27.2. The molecule has 0 saturated carbocycles. The van der Waals surface area contributed by atoms with E-state index in [-0.39, 0.29) is 11.6 Å². The lowest BCUT2D eigenvalue weighted by molar-refractivity contribution is 0.100. The van der Waals surface area contributed by atoms with E-state index in [1.165, 1.54) is 19.4 Å². The molecule has 0 radical (unpaired) electrons. The Balaban J connectivity index is 0.000000249. The predicted molar refractivity (Wildman–Crippen MR) is 130 cm³/mol. The minimum absolute atomic E-state index is 0.0186. The van der Waals surface area contributed by atoms with Crippen LogP contribution in [0.2, 0.25) is 0 Å². The molecule has 3 rings (SSSR count). The fourth-order valence-corrected chi connectivity index (χ4v) is 2.59. The van der Waals surface area contributed by atoms with Gasteiger partial charge in [-0.1, -0.05) is 30.3 Å². The number of aryl methyl sites for hydroxylation is 1. The van der Waals surface area contributed by atoms with Crippen molar-refractivity contribution in [3.05, 3.63) is 83.4 Å². The number of benzene rings is 3. The third-order valence-corrected chi connectivity index (χ3v) is 4.53. The van der Waals surface area contributed by atoms with Gasteiger partial charge in [0.15, 0.2) is 23.1 Å². The van der Waals surface area contributed by atoms with Gasteiger partial charge in [0.2, 0.25) is 0 Å². The molecule has 0 atom stereocenters. The second-order valence-corrected chi connectivity index (χ2v) is 6.93. The Morgan fingerprint density at radius 2 is 0.939 bits per heavy atom. The van der Waals surface area contributed by atoms with Crippen LogP contribution in [0.1, 0.15) is 40.1 Å². The number of ketones is 2. The Hall–Kier alpha value is -3.80. The van der Waals surface area contributed by atoms with Gasteiger partial charge < -0.3 is 18.9 Å². The highest BCUT2D eigenvalue weighted by Crippen LogP contribution is 2.26. The molecule has 0 aromatic heterocycles. The molecule has 0 aliphatic carbocycles. The van der Waals surface area contributed by atoms with Crippen LogP contribution >= 0.6 is 0 Å². The summed E-state index contributed by atoms with van der Waals surface area (Å²) in [6.45, 7) is 5.02. The standard InChI is InChI=1S/C10H10O2.C9H12O2.C8H10O2/c1-7(11)9-3-5-10(6-4-9)8(2)12;1-7-4-5-8(10-2)9(6-7)11-3;1-9-7-3-5-8(10-2)6-4-7/h3-6H,1-2H3;4-6H,1-3H3;3-6H,1-2H3. The number of rotatable bonds is 6. The van der Waals surface area contributed by atoms with Crippen LogP contribution in [0, 0.1) is 6.92 Å². The molecule has 0 N–H and O–H groups in total. The van der Waals surface area contributed by atoms with Crippen LogP contribution in [0.3, 0.4) is 0 Å². The van der Waals surface area contributed by atoms with E-state index < -0.39 is 0 Å². The molecule has 6 nitrogen and oxygen atoms in total. The highest BCUT2D eigenvalue weighted by atomic mass is 16.5. The van der Waals surface area contributed by atoms with Crippen molar-refractivity contribution in [3.8, 4) is 23.0 Å². The van der Waals surface area contributed by atoms with E-state index in [0.717, 1.165) is 23.0 Å². The summed E-state index contributed by atoms with van der Waals surface area (Å²) in [5.41, 5.74) is 2.45. The second-order valence-electron chi connectivity index (χ2n) is 6.93. The molecule has 6 heteroatoms. The molecule has 3 aromatic rings. The average Bonchev–Trinajstić information content (AvgIpc) is 2.84. The molecule has 3 aromatic carbocycles. The van der Waals surface area contributed by atoms with Crippen molar-refractivity contribution in [3.63, 3.8) is 0 Å². The molecule has 0 fully saturated rings. The summed E-state index contributed by atoms with van der Waals surface area (Å²) in [5, 5.41) is 0. The van der Waals surface area contributed by atoms with Crippen LogP contribution in [-0.2, 0) is 0 Å². The Morgan fingerprint density at radius 1 is 0.545 bits per heavy atom. The maximum absolute atomic E-state index is 10.8. The summed E-state index contributed by atoms with van der Waals surface area (Å²) in [6.07, 6.45) is 0. The molecular weight excluding hydrogens is 420 g/mol. The van der Waals surface area contributed by atoms with E-state index in [4.69, 9.17) is 18.9 Å². The third kappa shape index (κ3) is 9.47. The van der Waals surface area contributed by atoms with Gasteiger partial charge in [0.25, 0.3) is 0 Å². The van der Waals surface area contributed by atoms with E-state index in [9.17, 15) is 9.59 Å². The van der Waals surface area contributed by atoms with Crippen molar-refractivity contribution >= 4 is 11.6 Å². The number of hydrogen-bond donors (Lipinski definition) is 0. The summed E-state index contributed by atoms with van der Waals surface area (Å²) in [6, 6.07) is 19.9. The molecular formula is C27H32O6. The van der Waals surface area contributed by atoms with E-state index in [2.05, 4.69) is 0 Å². The first-order valence-corrected chi connectivity index (χ1v) is 10.2.